The number of likely N-dealkylation sites (tertiary alicyclic amines) is 1. The van der Waals surface area contributed by atoms with Crippen molar-refractivity contribution in [3.63, 3.8) is 0 Å². The highest BCUT2D eigenvalue weighted by Crippen LogP contribution is 2.28. The molecular formula is C21H22N2O2. The predicted molar refractivity (Wildman–Crippen MR) is 98.0 cm³/mol. The lowest BCUT2D eigenvalue weighted by molar-refractivity contribution is 0.0926. The monoisotopic (exact) mass is 334 g/mol. The van der Waals surface area contributed by atoms with Crippen LogP contribution >= 0.6 is 0 Å². The Hall–Kier alpha value is -2.46. The Bertz CT molecular complexity index is 757. The van der Waals surface area contributed by atoms with E-state index < -0.39 is 0 Å². The highest BCUT2D eigenvalue weighted by atomic mass is 16.2. The van der Waals surface area contributed by atoms with Gasteiger partial charge in [0.1, 0.15) is 0 Å². The molecule has 2 heterocycles. The molecule has 4 heteroatoms. The molecular weight excluding hydrogens is 312 g/mol. The van der Waals surface area contributed by atoms with Gasteiger partial charge in [0.25, 0.3) is 11.8 Å². The first-order valence-corrected chi connectivity index (χ1v) is 9.03. The molecule has 0 bridgehead atoms. The summed E-state index contributed by atoms with van der Waals surface area (Å²) in [5, 5.41) is 0. The Kier molecular flexibility index (Phi) is 4.36. The van der Waals surface area contributed by atoms with Crippen LogP contribution in [0.5, 0.6) is 0 Å². The van der Waals surface area contributed by atoms with Crippen LogP contribution in [0.25, 0.3) is 0 Å². The minimum absolute atomic E-state index is 0.235. The number of hydrogen-bond acceptors (Lipinski definition) is 3. The maximum absolute atomic E-state index is 12.5. The molecule has 4 nitrogen and oxygen atoms in total. The van der Waals surface area contributed by atoms with E-state index in [4.69, 9.17) is 0 Å². The fourth-order valence-electron chi connectivity index (χ4n) is 3.71. The fraction of sp³-hybridized carbons (Fsp3) is 0.333. The summed E-state index contributed by atoms with van der Waals surface area (Å²) in [4.78, 5) is 28.8. The van der Waals surface area contributed by atoms with Gasteiger partial charge >= 0.3 is 0 Å². The summed E-state index contributed by atoms with van der Waals surface area (Å²) in [5.41, 5.74) is 2.86. The van der Waals surface area contributed by atoms with E-state index in [-0.39, 0.29) is 11.8 Å². The zero-order valence-corrected chi connectivity index (χ0v) is 14.3. The minimum Gasteiger partial charge on any atom is -0.303 e. The van der Waals surface area contributed by atoms with Gasteiger partial charge in [-0.3, -0.25) is 9.59 Å². The van der Waals surface area contributed by atoms with Crippen LogP contribution in [-0.4, -0.2) is 36.3 Å². The standard InChI is InChI=1S/C21H22N2O2/c24-20-18-6-2-3-7-19(18)21(25)23(20)17-10-8-16(9-11-17)12-15-22-13-4-1-5-14-22/h2-3,6-11H,1,4-5,12-15H2. The number of carbonyl (C=O) groups excluding carboxylic acids is 2. The van der Waals surface area contributed by atoms with Gasteiger partial charge in [0.05, 0.1) is 16.8 Å². The largest absolute Gasteiger partial charge is 0.303 e. The van der Waals surface area contributed by atoms with Gasteiger partial charge < -0.3 is 4.90 Å². The zero-order chi connectivity index (χ0) is 17.2. The van der Waals surface area contributed by atoms with Gasteiger partial charge in [-0.1, -0.05) is 30.7 Å². The Morgan fingerprint density at radius 3 is 1.96 bits per heavy atom. The quantitative estimate of drug-likeness (QED) is 0.803. The second-order valence-electron chi connectivity index (χ2n) is 6.81. The molecule has 1 saturated heterocycles. The Morgan fingerprint density at radius 2 is 1.36 bits per heavy atom. The van der Waals surface area contributed by atoms with Crippen LogP contribution in [0.2, 0.25) is 0 Å². The lowest BCUT2D eigenvalue weighted by Crippen LogP contribution is -2.31. The predicted octanol–water partition coefficient (Wildman–Crippen LogP) is 3.52. The summed E-state index contributed by atoms with van der Waals surface area (Å²) in [6.07, 6.45) is 4.96. The molecule has 2 aromatic carbocycles. The van der Waals surface area contributed by atoms with Gasteiger partial charge in [-0.25, -0.2) is 4.90 Å². The van der Waals surface area contributed by atoms with Crippen LogP contribution in [0.4, 0.5) is 5.69 Å². The van der Waals surface area contributed by atoms with Crippen LogP contribution in [0.3, 0.4) is 0 Å². The molecule has 0 saturated carbocycles. The number of imide groups is 1. The number of benzene rings is 2. The van der Waals surface area contributed by atoms with Gasteiger partial charge in [0.2, 0.25) is 0 Å². The number of piperidine rings is 1. The molecule has 0 N–H and O–H groups in total. The van der Waals surface area contributed by atoms with Crippen molar-refractivity contribution in [2.75, 3.05) is 24.5 Å². The van der Waals surface area contributed by atoms with E-state index in [1.54, 1.807) is 24.3 Å². The van der Waals surface area contributed by atoms with E-state index in [9.17, 15) is 9.59 Å². The third-order valence-corrected chi connectivity index (χ3v) is 5.15. The zero-order valence-electron chi connectivity index (χ0n) is 14.3. The lowest BCUT2D eigenvalue weighted by atomic mass is 10.1. The average Bonchev–Trinajstić information content (AvgIpc) is 2.93. The topological polar surface area (TPSA) is 40.6 Å². The summed E-state index contributed by atoms with van der Waals surface area (Å²) in [6, 6.07) is 14.8. The van der Waals surface area contributed by atoms with E-state index in [2.05, 4.69) is 4.90 Å². The molecule has 0 aromatic heterocycles. The fourth-order valence-corrected chi connectivity index (χ4v) is 3.71. The Balaban J connectivity index is 1.46. The van der Waals surface area contributed by atoms with Crippen molar-refractivity contribution < 1.29 is 9.59 Å². The molecule has 25 heavy (non-hydrogen) atoms. The molecule has 0 radical (unpaired) electrons. The number of amides is 2. The van der Waals surface area contributed by atoms with Gasteiger partial charge in [-0.05, 0) is 62.2 Å². The van der Waals surface area contributed by atoms with Gasteiger partial charge in [-0.15, -0.1) is 0 Å². The summed E-state index contributed by atoms with van der Waals surface area (Å²) in [5.74, 6) is -0.469. The first-order valence-electron chi connectivity index (χ1n) is 9.03. The number of nitrogens with zero attached hydrogens (tertiary/aromatic N) is 2. The Labute approximate surface area is 148 Å². The second-order valence-corrected chi connectivity index (χ2v) is 6.81. The number of carbonyl (C=O) groups is 2. The normalized spacial score (nSPS) is 17.8. The van der Waals surface area contributed by atoms with Crippen LogP contribution in [-0.2, 0) is 6.42 Å². The van der Waals surface area contributed by atoms with E-state index >= 15 is 0 Å². The van der Waals surface area contributed by atoms with Crippen molar-refractivity contribution in [3.05, 3.63) is 65.2 Å². The molecule has 128 valence electrons. The highest BCUT2D eigenvalue weighted by Gasteiger charge is 2.36. The number of hydrogen-bond donors (Lipinski definition) is 0. The molecule has 0 spiro atoms. The average molecular weight is 334 g/mol. The van der Waals surface area contributed by atoms with Gasteiger partial charge in [-0.2, -0.15) is 0 Å². The highest BCUT2D eigenvalue weighted by molar-refractivity contribution is 6.34. The van der Waals surface area contributed by atoms with Crippen LogP contribution in [0.1, 0.15) is 45.5 Å². The van der Waals surface area contributed by atoms with Crippen molar-refractivity contribution in [2.45, 2.75) is 25.7 Å². The van der Waals surface area contributed by atoms with Crippen molar-refractivity contribution in [1.82, 2.24) is 4.90 Å². The smallest absolute Gasteiger partial charge is 0.266 e. The minimum atomic E-state index is -0.235. The van der Waals surface area contributed by atoms with Gasteiger partial charge in [0.15, 0.2) is 0 Å². The van der Waals surface area contributed by atoms with E-state index in [0.29, 0.717) is 16.8 Å². The van der Waals surface area contributed by atoms with E-state index in [0.717, 1.165) is 13.0 Å². The molecule has 0 aliphatic carbocycles. The third-order valence-electron chi connectivity index (χ3n) is 5.15. The third kappa shape index (κ3) is 3.10. The molecule has 0 unspecified atom stereocenters. The molecule has 2 aromatic rings. The molecule has 2 aliphatic rings. The first-order chi connectivity index (χ1) is 12.2. The lowest BCUT2D eigenvalue weighted by Gasteiger charge is -2.26. The van der Waals surface area contributed by atoms with Crippen LogP contribution in [0.15, 0.2) is 48.5 Å². The molecule has 0 atom stereocenters. The molecule has 1 fully saturated rings. The summed E-state index contributed by atoms with van der Waals surface area (Å²) >= 11 is 0. The van der Waals surface area contributed by atoms with Crippen LogP contribution in [0, 0.1) is 0 Å². The molecule has 2 amide bonds. The summed E-state index contributed by atoms with van der Waals surface area (Å²) < 4.78 is 0. The molecule has 4 rings (SSSR count). The molecule has 2 aliphatic heterocycles. The second kappa shape index (κ2) is 6.81. The van der Waals surface area contributed by atoms with Crippen molar-refractivity contribution in [1.29, 1.82) is 0 Å². The van der Waals surface area contributed by atoms with E-state index in [1.165, 1.54) is 42.8 Å². The SMILES string of the molecule is O=C1c2ccccc2C(=O)N1c1ccc(CCN2CCCCC2)cc1. The summed E-state index contributed by atoms with van der Waals surface area (Å²) in [7, 11) is 0. The first kappa shape index (κ1) is 16.0. The van der Waals surface area contributed by atoms with Crippen molar-refractivity contribution >= 4 is 17.5 Å². The van der Waals surface area contributed by atoms with Crippen molar-refractivity contribution in [2.24, 2.45) is 0 Å². The summed E-state index contributed by atoms with van der Waals surface area (Å²) in [6.45, 7) is 3.48. The van der Waals surface area contributed by atoms with Crippen molar-refractivity contribution in [3.8, 4) is 0 Å². The maximum Gasteiger partial charge on any atom is 0.266 e. The maximum atomic E-state index is 12.5. The Morgan fingerprint density at radius 1 is 0.760 bits per heavy atom. The van der Waals surface area contributed by atoms with Gasteiger partial charge in [0, 0.05) is 6.54 Å². The number of anilines is 1. The van der Waals surface area contributed by atoms with E-state index in [1.807, 2.05) is 24.3 Å². The number of rotatable bonds is 4. The number of fused-ring (bicyclic) bond motifs is 1. The van der Waals surface area contributed by atoms with Crippen LogP contribution < -0.4 is 4.90 Å².